The molecule has 0 saturated carbocycles. The SMILES string of the molecule is CCCCCCCCCCCCCCCCCCCC/C=C/CCCC(=O)O[C@H](COC(=O)CCCCCCCCCCC)COP(=O)([O-])OCC[N+](C)(C)C. The fourth-order valence-corrected chi connectivity index (χ4v) is 7.33. The number of unbranched alkanes of at least 4 members (excludes halogenated alkanes) is 27. The molecule has 0 aromatic rings. The molecule has 0 N–H and O–H groups in total. The molecule has 0 aliphatic carbocycles. The van der Waals surface area contributed by atoms with E-state index in [1.54, 1.807) is 0 Å². The van der Waals surface area contributed by atoms with E-state index in [4.69, 9.17) is 18.5 Å². The van der Waals surface area contributed by atoms with Crippen LogP contribution in [0.5, 0.6) is 0 Å². The van der Waals surface area contributed by atoms with Crippen molar-refractivity contribution in [2.75, 3.05) is 47.5 Å². The topological polar surface area (TPSA) is 111 Å². The summed E-state index contributed by atoms with van der Waals surface area (Å²) in [5.41, 5.74) is 0. The van der Waals surface area contributed by atoms with Crippen molar-refractivity contribution in [3.63, 3.8) is 0 Å². The Balaban J connectivity index is 4.19. The van der Waals surface area contributed by atoms with Crippen LogP contribution in [0.15, 0.2) is 12.2 Å². The highest BCUT2D eigenvalue weighted by molar-refractivity contribution is 7.45. The summed E-state index contributed by atoms with van der Waals surface area (Å²) in [5.74, 6) is -0.865. The van der Waals surface area contributed by atoms with Crippen LogP contribution in [0.2, 0.25) is 0 Å². The zero-order valence-electron chi connectivity index (χ0n) is 37.3. The number of nitrogens with zero attached hydrogens (tertiary/aromatic N) is 1. The number of carbonyl (C=O) groups excluding carboxylic acids is 2. The molecule has 0 aliphatic heterocycles. The molecule has 1 unspecified atom stereocenters. The summed E-state index contributed by atoms with van der Waals surface area (Å²) in [7, 11) is 1.16. The van der Waals surface area contributed by atoms with E-state index in [1.807, 2.05) is 21.1 Å². The van der Waals surface area contributed by atoms with Gasteiger partial charge in [0.25, 0.3) is 7.82 Å². The standard InChI is InChI=1S/C46H90NO8P/c1-6-8-10-12-14-16-17-18-19-20-21-22-23-24-25-26-27-28-29-31-33-35-37-39-46(49)55-44(43-54-56(50,51)53-41-40-47(3,4)5)42-52-45(48)38-36-34-32-30-15-13-11-9-7-2/h31,33,44H,6-30,32,34-43H2,1-5H3/b33-31+/t44-/m1/s1. The van der Waals surface area contributed by atoms with Crippen LogP contribution in [0.3, 0.4) is 0 Å². The maximum atomic E-state index is 12.7. The maximum Gasteiger partial charge on any atom is 0.306 e. The van der Waals surface area contributed by atoms with Crippen LogP contribution < -0.4 is 4.89 Å². The molecule has 0 saturated heterocycles. The number of quaternary nitrogens is 1. The largest absolute Gasteiger partial charge is 0.756 e. The molecule has 2 atom stereocenters. The lowest BCUT2D eigenvalue weighted by Crippen LogP contribution is -2.37. The number of likely N-dealkylation sites (N-methyl/N-ethyl adjacent to an activating group) is 1. The molecular formula is C46H90NO8P. The summed E-state index contributed by atoms with van der Waals surface area (Å²) in [6, 6.07) is 0. The van der Waals surface area contributed by atoms with Gasteiger partial charge in [-0.25, -0.2) is 0 Å². The van der Waals surface area contributed by atoms with E-state index in [-0.39, 0.29) is 26.1 Å². The van der Waals surface area contributed by atoms with E-state index >= 15 is 0 Å². The number of esters is 2. The lowest BCUT2D eigenvalue weighted by atomic mass is 10.0. The summed E-state index contributed by atoms with van der Waals surface area (Å²) < 4.78 is 33.8. The average Bonchev–Trinajstić information content (AvgIpc) is 3.15. The summed E-state index contributed by atoms with van der Waals surface area (Å²) >= 11 is 0. The second-order valence-electron chi connectivity index (χ2n) is 17.1. The molecule has 0 aromatic heterocycles. The predicted octanol–water partition coefficient (Wildman–Crippen LogP) is 12.7. The normalized spacial score (nSPS) is 13.6. The van der Waals surface area contributed by atoms with E-state index in [1.165, 1.54) is 154 Å². The Morgan fingerprint density at radius 3 is 1.38 bits per heavy atom. The first-order valence-corrected chi connectivity index (χ1v) is 24.9. The quantitative estimate of drug-likeness (QED) is 0.0197. The van der Waals surface area contributed by atoms with Gasteiger partial charge in [0.2, 0.25) is 0 Å². The highest BCUT2D eigenvalue weighted by atomic mass is 31.2. The van der Waals surface area contributed by atoms with Crippen molar-refractivity contribution in [3.8, 4) is 0 Å². The van der Waals surface area contributed by atoms with Gasteiger partial charge in [-0.05, 0) is 32.1 Å². The van der Waals surface area contributed by atoms with Crippen molar-refractivity contribution in [2.24, 2.45) is 0 Å². The molecule has 10 heteroatoms. The number of phosphoric acid groups is 1. The second kappa shape index (κ2) is 39.2. The Bertz CT molecular complexity index is 969. The highest BCUT2D eigenvalue weighted by Crippen LogP contribution is 2.38. The number of hydrogen-bond donors (Lipinski definition) is 0. The van der Waals surface area contributed by atoms with Gasteiger partial charge in [0, 0.05) is 12.8 Å². The third-order valence-corrected chi connectivity index (χ3v) is 11.2. The smallest absolute Gasteiger partial charge is 0.306 e. The molecule has 0 rings (SSSR count). The van der Waals surface area contributed by atoms with Crippen LogP contribution in [0.25, 0.3) is 0 Å². The first-order valence-electron chi connectivity index (χ1n) is 23.4. The molecule has 0 bridgehead atoms. The van der Waals surface area contributed by atoms with Crippen LogP contribution in [-0.2, 0) is 32.7 Å². The summed E-state index contributed by atoms with van der Waals surface area (Å²) in [5, 5.41) is 0. The fraction of sp³-hybridized carbons (Fsp3) is 0.913. The fourth-order valence-electron chi connectivity index (χ4n) is 6.60. The maximum absolute atomic E-state index is 12.7. The Labute approximate surface area is 346 Å². The van der Waals surface area contributed by atoms with Gasteiger partial charge >= 0.3 is 11.9 Å². The first kappa shape index (κ1) is 54.8. The second-order valence-corrected chi connectivity index (χ2v) is 18.5. The minimum atomic E-state index is -4.62. The van der Waals surface area contributed by atoms with Crippen molar-refractivity contribution >= 4 is 19.8 Å². The lowest BCUT2D eigenvalue weighted by Gasteiger charge is -2.28. The first-order chi connectivity index (χ1) is 27.0. The highest BCUT2D eigenvalue weighted by Gasteiger charge is 2.21. The van der Waals surface area contributed by atoms with Crippen molar-refractivity contribution in [1.29, 1.82) is 0 Å². The minimum Gasteiger partial charge on any atom is -0.756 e. The number of rotatable bonds is 43. The zero-order valence-corrected chi connectivity index (χ0v) is 38.2. The molecule has 332 valence electrons. The Kier molecular flexibility index (Phi) is 38.3. The van der Waals surface area contributed by atoms with Crippen LogP contribution in [0.4, 0.5) is 0 Å². The van der Waals surface area contributed by atoms with E-state index in [9.17, 15) is 19.0 Å². The number of allylic oxidation sites excluding steroid dienone is 2. The van der Waals surface area contributed by atoms with Gasteiger partial charge in [0.15, 0.2) is 6.10 Å². The van der Waals surface area contributed by atoms with Crippen LogP contribution in [0.1, 0.15) is 219 Å². The molecule has 0 amide bonds. The predicted molar refractivity (Wildman–Crippen MR) is 231 cm³/mol. The van der Waals surface area contributed by atoms with Gasteiger partial charge in [-0.3, -0.25) is 14.2 Å². The number of ether oxygens (including phenoxy) is 2. The molecular weight excluding hydrogens is 725 g/mol. The van der Waals surface area contributed by atoms with E-state index in [0.29, 0.717) is 17.4 Å². The van der Waals surface area contributed by atoms with Gasteiger partial charge in [0.05, 0.1) is 27.7 Å². The minimum absolute atomic E-state index is 0.0322. The summed E-state index contributed by atoms with van der Waals surface area (Å²) in [6.45, 7) is 4.20. The molecule has 0 radical (unpaired) electrons. The molecule has 9 nitrogen and oxygen atoms in total. The van der Waals surface area contributed by atoms with Crippen LogP contribution >= 0.6 is 7.82 Å². The number of phosphoric ester groups is 1. The van der Waals surface area contributed by atoms with Gasteiger partial charge in [-0.15, -0.1) is 0 Å². The molecule has 56 heavy (non-hydrogen) atoms. The summed E-state index contributed by atoms with van der Waals surface area (Å²) in [4.78, 5) is 37.4. The Morgan fingerprint density at radius 2 is 0.929 bits per heavy atom. The Morgan fingerprint density at radius 1 is 0.536 bits per heavy atom. The zero-order chi connectivity index (χ0) is 41.4. The van der Waals surface area contributed by atoms with Crippen molar-refractivity contribution in [3.05, 3.63) is 12.2 Å². The van der Waals surface area contributed by atoms with E-state index < -0.39 is 32.5 Å². The molecule has 0 fully saturated rings. The Hall–Kier alpha value is -1.25. The van der Waals surface area contributed by atoms with Gasteiger partial charge in [0.1, 0.15) is 19.8 Å². The molecule has 0 heterocycles. The third-order valence-electron chi connectivity index (χ3n) is 10.3. The summed E-state index contributed by atoms with van der Waals surface area (Å²) in [6.07, 6.45) is 41.3. The number of hydrogen-bond acceptors (Lipinski definition) is 8. The molecule has 0 aliphatic rings. The van der Waals surface area contributed by atoms with Crippen LogP contribution in [0, 0.1) is 0 Å². The third kappa shape index (κ3) is 42.4. The lowest BCUT2D eigenvalue weighted by molar-refractivity contribution is -0.870. The van der Waals surface area contributed by atoms with Crippen molar-refractivity contribution in [1.82, 2.24) is 0 Å². The van der Waals surface area contributed by atoms with E-state index in [2.05, 4.69) is 26.0 Å². The van der Waals surface area contributed by atoms with E-state index in [0.717, 1.165) is 32.1 Å². The van der Waals surface area contributed by atoms with Crippen molar-refractivity contribution in [2.45, 2.75) is 225 Å². The van der Waals surface area contributed by atoms with Gasteiger partial charge in [-0.1, -0.05) is 187 Å². The molecule has 0 aromatic carbocycles. The number of carbonyl (C=O) groups is 2. The van der Waals surface area contributed by atoms with Gasteiger partial charge < -0.3 is 27.9 Å². The van der Waals surface area contributed by atoms with Gasteiger partial charge in [-0.2, -0.15) is 0 Å². The van der Waals surface area contributed by atoms with Crippen molar-refractivity contribution < 1.29 is 42.1 Å². The average molecular weight is 816 g/mol. The van der Waals surface area contributed by atoms with Crippen LogP contribution in [-0.4, -0.2) is 70.0 Å². The molecule has 0 spiro atoms. The monoisotopic (exact) mass is 816 g/mol.